The summed E-state index contributed by atoms with van der Waals surface area (Å²) in [4.78, 5) is 0. The summed E-state index contributed by atoms with van der Waals surface area (Å²) < 4.78 is 5.26. The highest BCUT2D eigenvalue weighted by Gasteiger charge is 2.24. The molecule has 1 nitrogen and oxygen atoms in total. The van der Waals surface area contributed by atoms with E-state index in [4.69, 9.17) is 4.74 Å². The van der Waals surface area contributed by atoms with E-state index in [1.165, 1.54) is 21.6 Å². The van der Waals surface area contributed by atoms with Crippen LogP contribution in [-0.4, -0.2) is 0 Å². The zero-order valence-electron chi connectivity index (χ0n) is 6.42. The molecule has 1 aromatic carbocycles. The summed E-state index contributed by atoms with van der Waals surface area (Å²) in [5.41, 5.74) is 2.91. The molecule has 0 fully saturated rings. The first-order chi connectivity index (χ1) is 5.92. The Hall–Kier alpha value is -1.50. The van der Waals surface area contributed by atoms with Gasteiger partial charge in [0.15, 0.2) is 11.5 Å². The highest BCUT2D eigenvalue weighted by Crippen LogP contribution is 2.43. The van der Waals surface area contributed by atoms with Gasteiger partial charge in [-0.2, -0.15) is 0 Å². The minimum absolute atomic E-state index is 1.07. The van der Waals surface area contributed by atoms with Gasteiger partial charge in [-0.25, -0.2) is 0 Å². The Morgan fingerprint density at radius 1 is 0.917 bits per heavy atom. The van der Waals surface area contributed by atoms with Gasteiger partial charge < -0.3 is 4.74 Å². The maximum Gasteiger partial charge on any atom is 0.170 e. The zero-order chi connectivity index (χ0) is 7.71. The third-order valence-electron chi connectivity index (χ3n) is 2.82. The first kappa shape index (κ1) is 5.20. The molecule has 0 N–H and O–H groups in total. The van der Waals surface area contributed by atoms with E-state index < -0.39 is 0 Å². The van der Waals surface area contributed by atoms with Gasteiger partial charge >= 0.3 is 0 Å². The lowest BCUT2D eigenvalue weighted by molar-refractivity contribution is 0.649. The molecule has 1 heterocycles. The van der Waals surface area contributed by atoms with Crippen LogP contribution < -0.4 is 15.2 Å². The monoisotopic (exact) mass is 154 g/mol. The maximum absolute atomic E-state index is 5.26. The van der Waals surface area contributed by atoms with Gasteiger partial charge in [-0.1, -0.05) is 12.2 Å². The largest absolute Gasteiger partial charge is 0.449 e. The van der Waals surface area contributed by atoms with Gasteiger partial charge in [0.2, 0.25) is 0 Å². The van der Waals surface area contributed by atoms with Crippen molar-refractivity contribution in [1.29, 1.82) is 0 Å². The van der Waals surface area contributed by atoms with Gasteiger partial charge in [-0.05, 0) is 40.1 Å². The van der Waals surface area contributed by atoms with Gasteiger partial charge in [0.05, 0.1) is 0 Å². The molecule has 0 saturated heterocycles. The van der Waals surface area contributed by atoms with Crippen LogP contribution in [0, 0.1) is 0 Å². The van der Waals surface area contributed by atoms with E-state index in [9.17, 15) is 0 Å². The first-order valence-corrected chi connectivity index (χ1v) is 4.18. The number of allylic oxidation sites excluding steroid dienone is 2. The molecule has 1 aliphatic heterocycles. The van der Waals surface area contributed by atoms with Crippen molar-refractivity contribution in [3.63, 3.8) is 0 Å². The fourth-order valence-electron chi connectivity index (χ4n) is 2.14. The van der Waals surface area contributed by atoms with Gasteiger partial charge in [0.25, 0.3) is 0 Å². The predicted molar refractivity (Wildman–Crippen MR) is 46.3 cm³/mol. The molecule has 0 radical (unpaired) electrons. The molecule has 1 heteroatoms. The van der Waals surface area contributed by atoms with Gasteiger partial charge in [-0.3, -0.25) is 0 Å². The summed E-state index contributed by atoms with van der Waals surface area (Å²) in [6.07, 6.45) is 5.57. The quantitative estimate of drug-likeness (QED) is 0.517. The lowest BCUT2D eigenvalue weighted by Crippen LogP contribution is -2.22. The number of fused-ring (bicyclic) bond motifs is 4. The third kappa shape index (κ3) is 0.426. The van der Waals surface area contributed by atoms with E-state index in [2.05, 4.69) is 24.3 Å². The van der Waals surface area contributed by atoms with Crippen LogP contribution in [0.15, 0.2) is 24.3 Å². The van der Waals surface area contributed by atoms with Crippen molar-refractivity contribution in [2.45, 2.75) is 6.42 Å². The smallest absolute Gasteiger partial charge is 0.170 e. The van der Waals surface area contributed by atoms with E-state index in [0.29, 0.717) is 0 Å². The molecule has 0 aromatic heterocycles. The van der Waals surface area contributed by atoms with Crippen LogP contribution in [0.2, 0.25) is 0 Å². The zero-order valence-corrected chi connectivity index (χ0v) is 6.42. The topological polar surface area (TPSA) is 12.5 Å². The lowest BCUT2D eigenvalue weighted by Gasteiger charge is -1.87. The SMILES string of the molecule is C1=CC2=c3cc4c(cc3=C1C2)O4. The minimum Gasteiger partial charge on any atom is -0.449 e. The van der Waals surface area contributed by atoms with Crippen molar-refractivity contribution < 1.29 is 4.74 Å². The highest BCUT2D eigenvalue weighted by molar-refractivity contribution is 5.86. The number of hydrogen-bond acceptors (Lipinski definition) is 1. The molecule has 12 heavy (non-hydrogen) atoms. The standard InChI is InChI=1S/C11H6O/c1-2-7-3-6(1)8-4-10-11(12-10)5-9(7)8/h1-2,4-5H,3H2. The van der Waals surface area contributed by atoms with Crippen LogP contribution in [0.1, 0.15) is 6.42 Å². The normalized spacial score (nSPS) is 19.3. The van der Waals surface area contributed by atoms with Crippen LogP contribution in [-0.2, 0) is 0 Å². The number of benzene rings is 1. The summed E-state index contributed by atoms with van der Waals surface area (Å²) >= 11 is 0. The van der Waals surface area contributed by atoms with Crippen molar-refractivity contribution >= 4 is 11.1 Å². The molecule has 2 aliphatic carbocycles. The molecule has 4 rings (SSSR count). The van der Waals surface area contributed by atoms with Crippen LogP contribution >= 0.6 is 0 Å². The second kappa shape index (κ2) is 1.36. The Bertz CT molecular complexity index is 512. The molecule has 3 aliphatic rings. The number of hydrogen-bond donors (Lipinski definition) is 0. The molecule has 0 saturated carbocycles. The average Bonchev–Trinajstić information content (AvgIpc) is 2.57. The highest BCUT2D eigenvalue weighted by atomic mass is 16.6. The second-order valence-electron chi connectivity index (χ2n) is 3.51. The molecule has 0 spiro atoms. The van der Waals surface area contributed by atoms with Crippen LogP contribution in [0.3, 0.4) is 0 Å². The lowest BCUT2D eigenvalue weighted by atomic mass is 10.1. The Morgan fingerprint density at radius 2 is 1.50 bits per heavy atom. The number of rotatable bonds is 0. The summed E-state index contributed by atoms with van der Waals surface area (Å²) in [6, 6.07) is 4.33. The Morgan fingerprint density at radius 3 is 2.08 bits per heavy atom. The molecule has 0 unspecified atom stereocenters. The molecule has 0 atom stereocenters. The van der Waals surface area contributed by atoms with Crippen LogP contribution in [0.5, 0.6) is 11.5 Å². The average molecular weight is 154 g/mol. The van der Waals surface area contributed by atoms with Crippen molar-refractivity contribution in [2.24, 2.45) is 0 Å². The third-order valence-corrected chi connectivity index (χ3v) is 2.82. The van der Waals surface area contributed by atoms with Crippen molar-refractivity contribution in [1.82, 2.24) is 0 Å². The summed E-state index contributed by atoms with van der Waals surface area (Å²) in [5, 5.41) is 2.78. The van der Waals surface area contributed by atoms with E-state index >= 15 is 0 Å². The molecular formula is C11H6O. The van der Waals surface area contributed by atoms with E-state index in [0.717, 1.165) is 17.9 Å². The summed E-state index contributed by atoms with van der Waals surface area (Å²) in [5.74, 6) is 2.14. The molecule has 2 bridgehead atoms. The molecular weight excluding hydrogens is 148 g/mol. The summed E-state index contributed by atoms with van der Waals surface area (Å²) in [6.45, 7) is 0. The van der Waals surface area contributed by atoms with Crippen molar-refractivity contribution in [3.05, 3.63) is 34.7 Å². The Balaban J connectivity index is 2.40. The molecule has 56 valence electrons. The van der Waals surface area contributed by atoms with E-state index in [-0.39, 0.29) is 0 Å². The molecule has 1 aromatic rings. The first-order valence-electron chi connectivity index (χ1n) is 4.18. The van der Waals surface area contributed by atoms with Gasteiger partial charge in [0, 0.05) is 0 Å². The fraction of sp³-hybridized carbons (Fsp3) is 0.0909. The van der Waals surface area contributed by atoms with Crippen molar-refractivity contribution in [3.8, 4) is 11.5 Å². The predicted octanol–water partition coefficient (Wildman–Crippen LogP) is 1.07. The van der Waals surface area contributed by atoms with Crippen molar-refractivity contribution in [2.75, 3.05) is 0 Å². The van der Waals surface area contributed by atoms with Crippen LogP contribution in [0.25, 0.3) is 11.1 Å². The maximum atomic E-state index is 5.26. The second-order valence-corrected chi connectivity index (χ2v) is 3.51. The van der Waals surface area contributed by atoms with E-state index in [1.807, 2.05) is 0 Å². The Kier molecular flexibility index (Phi) is 0.587. The van der Waals surface area contributed by atoms with Crippen LogP contribution in [0.4, 0.5) is 0 Å². The fourth-order valence-corrected chi connectivity index (χ4v) is 2.14. The van der Waals surface area contributed by atoms with Gasteiger partial charge in [0.1, 0.15) is 0 Å². The minimum atomic E-state index is 1.07. The Labute approximate surface area is 69.3 Å². The molecule has 0 amide bonds. The summed E-state index contributed by atoms with van der Waals surface area (Å²) in [7, 11) is 0. The van der Waals surface area contributed by atoms with Gasteiger partial charge in [-0.15, -0.1) is 0 Å². The number of ether oxygens (including phenoxy) is 1. The van der Waals surface area contributed by atoms with E-state index in [1.54, 1.807) is 0 Å².